The molecule has 7 aromatic rings. The second-order valence-electron chi connectivity index (χ2n) is 12.8. The van der Waals surface area contributed by atoms with Gasteiger partial charge in [0, 0.05) is 22.6 Å². The molecule has 2 nitrogen and oxygen atoms in total. The van der Waals surface area contributed by atoms with Gasteiger partial charge in [0.25, 0.3) is 0 Å². The lowest BCUT2D eigenvalue weighted by Gasteiger charge is -2.26. The van der Waals surface area contributed by atoms with Gasteiger partial charge in [-0.25, -0.2) is 0 Å². The van der Waals surface area contributed by atoms with Gasteiger partial charge in [-0.15, -0.1) is 0 Å². The summed E-state index contributed by atoms with van der Waals surface area (Å²) in [4.78, 5) is 13.7. The molecule has 0 aromatic heterocycles. The molecule has 7 rings (SSSR count). The molecule has 7 aromatic carbocycles. The van der Waals surface area contributed by atoms with Crippen LogP contribution in [0.4, 0.5) is 17.1 Å². The van der Waals surface area contributed by atoms with Gasteiger partial charge in [0.05, 0.1) is 0 Å². The highest BCUT2D eigenvalue weighted by atomic mass is 16.1. The average Bonchev–Trinajstić information content (AvgIpc) is 3.19. The van der Waals surface area contributed by atoms with Crippen LogP contribution in [0.3, 0.4) is 0 Å². The van der Waals surface area contributed by atoms with Crippen molar-refractivity contribution in [2.24, 2.45) is 0 Å². The molecule has 0 aliphatic carbocycles. The van der Waals surface area contributed by atoms with Crippen LogP contribution in [0.1, 0.15) is 54.9 Å². The lowest BCUT2D eigenvalue weighted by molar-refractivity contribution is 0.112. The van der Waals surface area contributed by atoms with E-state index in [9.17, 15) is 4.79 Å². The predicted molar refractivity (Wildman–Crippen MR) is 216 cm³/mol. The van der Waals surface area contributed by atoms with E-state index in [-0.39, 0.29) is 0 Å². The summed E-state index contributed by atoms with van der Waals surface area (Å²) in [5.74, 6) is 0. The summed E-state index contributed by atoms with van der Waals surface area (Å²) in [5, 5.41) is 0. The Kier molecular flexibility index (Phi) is 9.94. The number of anilines is 3. The highest BCUT2D eigenvalue weighted by Crippen LogP contribution is 2.36. The van der Waals surface area contributed by atoms with E-state index in [1.165, 1.54) is 44.5 Å². The molecule has 0 heterocycles. The van der Waals surface area contributed by atoms with Gasteiger partial charge >= 0.3 is 0 Å². The first-order valence-corrected chi connectivity index (χ1v) is 17.3. The maximum Gasteiger partial charge on any atom is 0.150 e. The summed E-state index contributed by atoms with van der Waals surface area (Å²) in [6, 6.07) is 63.6. The first-order chi connectivity index (χ1) is 25.0. The van der Waals surface area contributed by atoms with E-state index in [0.717, 1.165) is 34.5 Å². The Bertz CT molecular complexity index is 2120. The number of aldehydes is 1. The third-order valence-electron chi connectivity index (χ3n) is 9.11. The molecule has 0 N–H and O–H groups in total. The zero-order valence-electron chi connectivity index (χ0n) is 28.9. The van der Waals surface area contributed by atoms with Gasteiger partial charge in [-0.3, -0.25) is 4.79 Å². The average molecular weight is 658 g/mol. The maximum absolute atomic E-state index is 11.5. The number of benzene rings is 7. The zero-order valence-corrected chi connectivity index (χ0v) is 28.9. The largest absolute Gasteiger partial charge is 0.311 e. The minimum atomic E-state index is 0.647. The Hall–Kier alpha value is -6.51. The number of hydrogen-bond donors (Lipinski definition) is 0. The van der Waals surface area contributed by atoms with Crippen molar-refractivity contribution in [1.29, 1.82) is 0 Å². The molecule has 0 saturated heterocycles. The van der Waals surface area contributed by atoms with Crippen molar-refractivity contribution in [2.75, 3.05) is 4.90 Å². The molecule has 246 valence electrons. The van der Waals surface area contributed by atoms with Crippen LogP contribution in [-0.4, -0.2) is 6.29 Å². The van der Waals surface area contributed by atoms with Gasteiger partial charge < -0.3 is 4.90 Å². The van der Waals surface area contributed by atoms with E-state index in [1.54, 1.807) is 0 Å². The molecule has 0 fully saturated rings. The van der Waals surface area contributed by atoms with Crippen LogP contribution in [0, 0.1) is 13.8 Å². The second-order valence-corrected chi connectivity index (χ2v) is 12.8. The molecular weight excluding hydrogens is 619 g/mol. The molecule has 0 unspecified atom stereocenters. The smallest absolute Gasteiger partial charge is 0.150 e. The molecule has 0 saturated carbocycles. The van der Waals surface area contributed by atoms with E-state index in [1.807, 2.05) is 24.3 Å². The van der Waals surface area contributed by atoms with Crippen molar-refractivity contribution >= 4 is 46.6 Å². The molecule has 0 aliphatic rings. The Morgan fingerprint density at radius 1 is 0.373 bits per heavy atom. The lowest BCUT2D eigenvalue weighted by atomic mass is 9.95. The van der Waals surface area contributed by atoms with Crippen molar-refractivity contribution in [1.82, 2.24) is 0 Å². The second kappa shape index (κ2) is 15.4. The molecule has 0 spiro atoms. The van der Waals surface area contributed by atoms with Crippen LogP contribution in [0.15, 0.2) is 182 Å². The van der Waals surface area contributed by atoms with Gasteiger partial charge in [-0.05, 0) is 119 Å². The van der Waals surface area contributed by atoms with E-state index < -0.39 is 0 Å². The molecule has 2 heteroatoms. The summed E-state index contributed by atoms with van der Waals surface area (Å²) in [6.45, 7) is 4.23. The first kappa shape index (κ1) is 33.0. The van der Waals surface area contributed by atoms with Crippen LogP contribution >= 0.6 is 0 Å². The summed E-state index contributed by atoms with van der Waals surface area (Å²) in [6.07, 6.45) is 5.39. The fourth-order valence-electron chi connectivity index (χ4n) is 6.29. The van der Waals surface area contributed by atoms with E-state index >= 15 is 0 Å². The highest BCUT2D eigenvalue weighted by Gasteiger charge is 2.14. The SMILES string of the molecule is Cc1ccc(/C(=C/c2ccc(N(c3ccc(C=O)cc3)c3ccc(/C=C(\c4ccccc4)c4ccc(C)cc4)cc3)cc2)c2ccccc2)cc1. The maximum atomic E-state index is 11.5. The Morgan fingerprint density at radius 2 is 0.686 bits per heavy atom. The highest BCUT2D eigenvalue weighted by molar-refractivity contribution is 5.93. The Morgan fingerprint density at radius 3 is 1.02 bits per heavy atom. The minimum absolute atomic E-state index is 0.647. The van der Waals surface area contributed by atoms with Crippen molar-refractivity contribution in [3.8, 4) is 0 Å². The minimum Gasteiger partial charge on any atom is -0.311 e. The number of carbonyl (C=O) groups excluding carboxylic acids is 1. The van der Waals surface area contributed by atoms with Crippen molar-refractivity contribution in [2.45, 2.75) is 13.8 Å². The van der Waals surface area contributed by atoms with Gasteiger partial charge in [0.2, 0.25) is 0 Å². The monoisotopic (exact) mass is 657 g/mol. The lowest BCUT2D eigenvalue weighted by Crippen LogP contribution is -2.10. The number of rotatable bonds is 10. The summed E-state index contributed by atoms with van der Waals surface area (Å²) in [5.41, 5.74) is 15.4. The van der Waals surface area contributed by atoms with Crippen LogP contribution in [0.25, 0.3) is 23.3 Å². The Balaban J connectivity index is 1.25. The molecule has 51 heavy (non-hydrogen) atoms. The standard InChI is InChI=1S/C49H39NO/c1-36-13-23-43(24-14-36)48(41-9-5-3-6-10-41)33-38-17-27-45(28-18-38)50(47-31-21-40(35-51)22-32-47)46-29-19-39(20-30-46)34-49(42-11-7-4-8-12-42)44-25-15-37(2)16-26-44/h3-35H,1-2H3/b48-33+,49-34+. The van der Waals surface area contributed by atoms with Crippen molar-refractivity contribution in [3.63, 3.8) is 0 Å². The molecule has 0 radical (unpaired) electrons. The first-order valence-electron chi connectivity index (χ1n) is 17.3. The Labute approximate surface area is 301 Å². The van der Waals surface area contributed by atoms with Gasteiger partial charge in [0.1, 0.15) is 6.29 Å². The molecular formula is C49H39NO. The van der Waals surface area contributed by atoms with Crippen molar-refractivity contribution in [3.05, 3.63) is 232 Å². The van der Waals surface area contributed by atoms with E-state index in [2.05, 4.69) is 189 Å². The quantitative estimate of drug-likeness (QED) is 0.108. The molecule has 0 atom stereocenters. The van der Waals surface area contributed by atoms with Crippen LogP contribution in [0.5, 0.6) is 0 Å². The molecule has 0 bridgehead atoms. The fraction of sp³-hybridized carbons (Fsp3) is 0.0408. The van der Waals surface area contributed by atoms with E-state index in [4.69, 9.17) is 0 Å². The van der Waals surface area contributed by atoms with Crippen molar-refractivity contribution < 1.29 is 4.79 Å². The fourth-order valence-corrected chi connectivity index (χ4v) is 6.29. The summed E-state index contributed by atoms with van der Waals surface area (Å²) < 4.78 is 0. The summed E-state index contributed by atoms with van der Waals surface area (Å²) in [7, 11) is 0. The number of carbonyl (C=O) groups is 1. The number of nitrogens with zero attached hydrogens (tertiary/aromatic N) is 1. The summed E-state index contributed by atoms with van der Waals surface area (Å²) >= 11 is 0. The number of aryl methyl sites for hydroxylation is 2. The zero-order chi connectivity index (χ0) is 35.0. The molecule has 0 amide bonds. The van der Waals surface area contributed by atoms with Gasteiger partial charge in [-0.2, -0.15) is 0 Å². The normalized spacial score (nSPS) is 11.6. The van der Waals surface area contributed by atoms with E-state index in [0.29, 0.717) is 5.56 Å². The van der Waals surface area contributed by atoms with Gasteiger partial charge in [-0.1, -0.05) is 145 Å². The van der Waals surface area contributed by atoms with Crippen LogP contribution in [-0.2, 0) is 0 Å². The third kappa shape index (κ3) is 7.88. The predicted octanol–water partition coefficient (Wildman–Crippen LogP) is 12.8. The third-order valence-corrected chi connectivity index (χ3v) is 9.11. The van der Waals surface area contributed by atoms with Crippen LogP contribution in [0.2, 0.25) is 0 Å². The topological polar surface area (TPSA) is 20.3 Å². The van der Waals surface area contributed by atoms with Gasteiger partial charge in [0.15, 0.2) is 0 Å². The number of hydrogen-bond acceptors (Lipinski definition) is 2. The van der Waals surface area contributed by atoms with Crippen LogP contribution < -0.4 is 4.90 Å². The molecule has 0 aliphatic heterocycles.